The van der Waals surface area contributed by atoms with Crippen molar-refractivity contribution in [2.24, 2.45) is 16.7 Å². The molecular weight excluding hydrogens is 484 g/mol. The van der Waals surface area contributed by atoms with E-state index in [0.717, 1.165) is 5.56 Å². The van der Waals surface area contributed by atoms with Gasteiger partial charge >= 0.3 is 11.9 Å². The lowest BCUT2D eigenvalue weighted by Crippen LogP contribution is -2.50. The SMILES string of the molecule is C=C1[C@@H](OC(=O)/C=C/c2ccccc2)CC[C@]2(C)[C@@H]1C[C@@]1(C(C)(C)O)C[C@H](OC(C)=O)C(C)=C1[C@@H](O)[C@@H]2O. The second kappa shape index (κ2) is 10.1. The molecule has 1 aromatic carbocycles. The van der Waals surface area contributed by atoms with Gasteiger partial charge in [-0.1, -0.05) is 43.8 Å². The number of carbonyl (C=O) groups is 2. The number of aliphatic hydroxyl groups is 3. The normalized spacial score (nSPS) is 35.5. The van der Waals surface area contributed by atoms with Crippen molar-refractivity contribution < 1.29 is 34.4 Å². The van der Waals surface area contributed by atoms with Crippen molar-refractivity contribution in [2.75, 3.05) is 0 Å². The maximum Gasteiger partial charge on any atom is 0.331 e. The highest BCUT2D eigenvalue weighted by molar-refractivity contribution is 5.87. The molecule has 0 aliphatic heterocycles. The van der Waals surface area contributed by atoms with Gasteiger partial charge in [0.15, 0.2) is 0 Å². The Balaban J connectivity index is 1.67. The van der Waals surface area contributed by atoms with Gasteiger partial charge in [-0.15, -0.1) is 0 Å². The molecule has 0 bridgehead atoms. The summed E-state index contributed by atoms with van der Waals surface area (Å²) in [5.74, 6) is -1.30. The lowest BCUT2D eigenvalue weighted by Gasteiger charge is -2.50. The van der Waals surface area contributed by atoms with Gasteiger partial charge in [0.05, 0.1) is 11.7 Å². The lowest BCUT2D eigenvalue weighted by molar-refractivity contribution is -0.147. The predicted octanol–water partition coefficient (Wildman–Crippen LogP) is 4.12. The molecule has 38 heavy (non-hydrogen) atoms. The summed E-state index contributed by atoms with van der Waals surface area (Å²) < 4.78 is 11.4. The van der Waals surface area contributed by atoms with Crippen LogP contribution in [0.25, 0.3) is 6.08 Å². The second-order valence-corrected chi connectivity index (χ2v) is 12.0. The Hall–Kier alpha value is -2.74. The van der Waals surface area contributed by atoms with E-state index in [4.69, 9.17) is 9.47 Å². The monoisotopic (exact) mass is 524 g/mol. The molecular formula is C31H40O7. The van der Waals surface area contributed by atoms with E-state index in [0.29, 0.717) is 36.0 Å². The van der Waals surface area contributed by atoms with Crippen molar-refractivity contribution in [1.82, 2.24) is 0 Å². The van der Waals surface area contributed by atoms with Crippen molar-refractivity contribution in [3.63, 3.8) is 0 Å². The maximum atomic E-state index is 12.7. The fourth-order valence-corrected chi connectivity index (χ4v) is 7.08. The zero-order valence-corrected chi connectivity index (χ0v) is 22.9. The van der Waals surface area contributed by atoms with Crippen molar-refractivity contribution in [3.05, 3.63) is 65.3 Å². The Morgan fingerprint density at radius 1 is 1.11 bits per heavy atom. The van der Waals surface area contributed by atoms with Crippen LogP contribution in [0.15, 0.2) is 59.7 Å². The molecule has 0 unspecified atom stereocenters. The highest BCUT2D eigenvalue weighted by Gasteiger charge is 2.64. The van der Waals surface area contributed by atoms with E-state index in [1.165, 1.54) is 13.0 Å². The van der Waals surface area contributed by atoms with Crippen LogP contribution in [0.5, 0.6) is 0 Å². The zero-order valence-electron chi connectivity index (χ0n) is 22.9. The van der Waals surface area contributed by atoms with E-state index < -0.39 is 52.8 Å². The number of benzene rings is 1. The highest BCUT2D eigenvalue weighted by Crippen LogP contribution is 2.64. The van der Waals surface area contributed by atoms with Crippen molar-refractivity contribution in [2.45, 2.75) is 90.3 Å². The molecule has 3 N–H and O–H groups in total. The minimum Gasteiger partial charge on any atom is -0.458 e. The van der Waals surface area contributed by atoms with Crippen LogP contribution in [-0.2, 0) is 19.1 Å². The van der Waals surface area contributed by atoms with E-state index in [1.807, 2.05) is 37.3 Å². The van der Waals surface area contributed by atoms with Crippen LogP contribution in [0.2, 0.25) is 0 Å². The van der Waals surface area contributed by atoms with E-state index in [9.17, 15) is 24.9 Å². The third-order valence-corrected chi connectivity index (χ3v) is 9.33. The number of hydrogen-bond donors (Lipinski definition) is 3. The van der Waals surface area contributed by atoms with Gasteiger partial charge in [-0.2, -0.15) is 0 Å². The minimum absolute atomic E-state index is 0.283. The molecule has 0 spiro atoms. The molecule has 2 saturated carbocycles. The smallest absolute Gasteiger partial charge is 0.331 e. The molecule has 7 atom stereocenters. The van der Waals surface area contributed by atoms with Gasteiger partial charge < -0.3 is 24.8 Å². The van der Waals surface area contributed by atoms with Gasteiger partial charge in [0.25, 0.3) is 0 Å². The summed E-state index contributed by atoms with van der Waals surface area (Å²) in [6.07, 6.45) is 1.10. The van der Waals surface area contributed by atoms with Crippen molar-refractivity contribution >= 4 is 18.0 Å². The number of rotatable bonds is 5. The number of esters is 2. The van der Waals surface area contributed by atoms with Crippen LogP contribution < -0.4 is 0 Å². The summed E-state index contributed by atoms with van der Waals surface area (Å²) >= 11 is 0. The number of carbonyl (C=O) groups excluding carboxylic acids is 2. The summed E-state index contributed by atoms with van der Waals surface area (Å²) in [4.78, 5) is 24.6. The van der Waals surface area contributed by atoms with E-state index in [2.05, 4.69) is 6.58 Å². The predicted molar refractivity (Wildman–Crippen MR) is 144 cm³/mol. The van der Waals surface area contributed by atoms with Gasteiger partial charge in [0, 0.05) is 30.3 Å². The first-order valence-electron chi connectivity index (χ1n) is 13.3. The van der Waals surface area contributed by atoms with Gasteiger partial charge in [-0.25, -0.2) is 4.79 Å². The molecule has 4 rings (SSSR count). The van der Waals surface area contributed by atoms with Crippen molar-refractivity contribution in [3.8, 4) is 0 Å². The molecule has 2 fully saturated rings. The topological polar surface area (TPSA) is 113 Å². The molecule has 1 aromatic rings. The average molecular weight is 525 g/mol. The van der Waals surface area contributed by atoms with Gasteiger partial charge in [0.2, 0.25) is 0 Å². The molecule has 206 valence electrons. The van der Waals surface area contributed by atoms with Crippen LogP contribution in [0.3, 0.4) is 0 Å². The third kappa shape index (κ3) is 4.76. The van der Waals surface area contributed by atoms with Gasteiger partial charge in [-0.05, 0) is 74.3 Å². The molecule has 0 amide bonds. The quantitative estimate of drug-likeness (QED) is 0.302. The zero-order chi connectivity index (χ0) is 28.0. The number of fused-ring (bicyclic) bond motifs is 2. The van der Waals surface area contributed by atoms with E-state index in [1.54, 1.807) is 26.8 Å². The molecule has 3 aliphatic rings. The Bertz CT molecular complexity index is 1160. The minimum atomic E-state index is -1.31. The molecule has 0 radical (unpaired) electrons. The first-order chi connectivity index (χ1) is 17.7. The molecule has 0 saturated heterocycles. The molecule has 0 heterocycles. The second-order valence-electron chi connectivity index (χ2n) is 12.0. The van der Waals surface area contributed by atoms with Crippen molar-refractivity contribution in [1.29, 1.82) is 0 Å². The van der Waals surface area contributed by atoms with Crippen LogP contribution >= 0.6 is 0 Å². The largest absolute Gasteiger partial charge is 0.458 e. The summed E-state index contributed by atoms with van der Waals surface area (Å²) in [6.45, 7) is 12.8. The van der Waals surface area contributed by atoms with Crippen LogP contribution in [0, 0.1) is 16.7 Å². The van der Waals surface area contributed by atoms with E-state index >= 15 is 0 Å². The molecule has 7 heteroatoms. The first kappa shape index (κ1) is 28.3. The van der Waals surface area contributed by atoms with Gasteiger partial charge in [-0.3, -0.25) is 4.79 Å². The fraction of sp³-hybridized carbons (Fsp3) is 0.548. The van der Waals surface area contributed by atoms with E-state index in [-0.39, 0.29) is 12.3 Å². The number of ether oxygens (including phenoxy) is 2. The number of aliphatic hydroxyl groups excluding tert-OH is 2. The Kier molecular flexibility index (Phi) is 7.51. The molecule has 3 aliphatic carbocycles. The van der Waals surface area contributed by atoms with Crippen LogP contribution in [0.4, 0.5) is 0 Å². The molecule has 7 nitrogen and oxygen atoms in total. The highest BCUT2D eigenvalue weighted by atomic mass is 16.5. The standard InChI is InChI=1S/C31H40O7/c1-18-22-16-31(29(4,5)36)17-24(37-20(3)32)19(2)26(31)27(34)28(35)30(22,6)15-14-23(18)38-25(33)13-12-21-10-8-7-9-11-21/h7-13,22-24,27-28,34-36H,1,14-17H2,2-6H3/b13-12+/t22-,23+,24+,27-,28+,30-,31-/m1/s1. The summed E-state index contributed by atoms with van der Waals surface area (Å²) in [5.41, 5.74) is -0.320. The Morgan fingerprint density at radius 3 is 2.37 bits per heavy atom. The number of hydrogen-bond acceptors (Lipinski definition) is 7. The van der Waals surface area contributed by atoms with Gasteiger partial charge in [0.1, 0.15) is 18.3 Å². The Morgan fingerprint density at radius 2 is 1.76 bits per heavy atom. The van der Waals surface area contributed by atoms with Crippen LogP contribution in [0.1, 0.15) is 65.9 Å². The fourth-order valence-electron chi connectivity index (χ4n) is 7.08. The lowest BCUT2D eigenvalue weighted by atomic mass is 9.57. The molecule has 0 aromatic heterocycles. The summed E-state index contributed by atoms with van der Waals surface area (Å²) in [5, 5.41) is 34.7. The maximum absolute atomic E-state index is 12.7. The Labute approximate surface area is 224 Å². The average Bonchev–Trinajstić information content (AvgIpc) is 3.09. The summed E-state index contributed by atoms with van der Waals surface area (Å²) in [7, 11) is 0. The first-order valence-corrected chi connectivity index (χ1v) is 13.3. The van der Waals surface area contributed by atoms with Crippen LogP contribution in [-0.4, -0.2) is 57.3 Å². The summed E-state index contributed by atoms with van der Waals surface area (Å²) in [6, 6.07) is 9.46. The third-order valence-electron chi connectivity index (χ3n) is 9.33.